The number of hydrogen-bond donors (Lipinski definition) is 4. The molecule has 1 aliphatic carbocycles. The van der Waals surface area contributed by atoms with Crippen molar-refractivity contribution in [2.75, 3.05) is 10.6 Å². The van der Waals surface area contributed by atoms with Crippen molar-refractivity contribution in [2.24, 2.45) is 16.5 Å². The molecule has 3 aromatic rings. The van der Waals surface area contributed by atoms with Gasteiger partial charge in [-0.3, -0.25) is 4.98 Å². The molecular formula is C27H27F3N6O. The molecule has 7 nitrogen and oxygen atoms in total. The minimum absolute atomic E-state index is 0.0245. The maximum absolute atomic E-state index is 12.9. The Morgan fingerprint density at radius 3 is 2.32 bits per heavy atom. The second-order valence-corrected chi connectivity index (χ2v) is 9.14. The van der Waals surface area contributed by atoms with Crippen molar-refractivity contribution >= 4 is 23.2 Å². The summed E-state index contributed by atoms with van der Waals surface area (Å²) in [5.41, 5.74) is 16.1. The van der Waals surface area contributed by atoms with Crippen LogP contribution in [-0.2, 0) is 11.7 Å². The Morgan fingerprint density at radius 1 is 1.08 bits per heavy atom. The molecule has 37 heavy (non-hydrogen) atoms. The molecule has 10 heteroatoms. The number of aromatic nitrogens is 1. The first-order valence-electron chi connectivity index (χ1n) is 11.5. The van der Waals surface area contributed by atoms with Crippen LogP contribution in [0.3, 0.4) is 0 Å². The number of nitrogens with zero attached hydrogens (tertiary/aromatic N) is 2. The molecule has 1 heterocycles. The third-order valence-electron chi connectivity index (χ3n) is 5.97. The number of rotatable bonds is 6. The summed E-state index contributed by atoms with van der Waals surface area (Å²) in [6, 6.07) is 12.6. The lowest BCUT2D eigenvalue weighted by Crippen LogP contribution is -2.24. The van der Waals surface area contributed by atoms with Crippen LogP contribution in [0.1, 0.15) is 42.3 Å². The van der Waals surface area contributed by atoms with E-state index in [0.29, 0.717) is 22.6 Å². The average Bonchev–Trinajstić information content (AvgIpc) is 3.56. The van der Waals surface area contributed by atoms with Gasteiger partial charge in [0.05, 0.1) is 16.8 Å². The van der Waals surface area contributed by atoms with Gasteiger partial charge < -0.3 is 22.1 Å². The molecule has 192 valence electrons. The number of allylic oxidation sites excluding steroid dienone is 1. The summed E-state index contributed by atoms with van der Waals surface area (Å²) in [6.07, 6.45) is -2.82. The Labute approximate surface area is 212 Å². The van der Waals surface area contributed by atoms with Gasteiger partial charge in [-0.1, -0.05) is 24.8 Å². The minimum Gasteiger partial charge on any atom is -0.383 e. The molecule has 0 atom stereocenters. The van der Waals surface area contributed by atoms with E-state index in [1.165, 1.54) is 12.1 Å². The molecule has 0 radical (unpaired) electrons. The molecular weight excluding hydrogens is 481 g/mol. The van der Waals surface area contributed by atoms with Crippen molar-refractivity contribution in [3.63, 3.8) is 0 Å². The highest BCUT2D eigenvalue weighted by molar-refractivity contribution is 6.05. The van der Waals surface area contributed by atoms with Crippen molar-refractivity contribution in [2.45, 2.75) is 38.4 Å². The van der Waals surface area contributed by atoms with E-state index in [4.69, 9.17) is 11.5 Å². The topological polar surface area (TPSA) is 118 Å². The minimum atomic E-state index is -4.50. The predicted octanol–water partition coefficient (Wildman–Crippen LogP) is 5.91. The number of nitrogens with two attached hydrogens (primary N) is 2. The van der Waals surface area contributed by atoms with Crippen LogP contribution in [0.4, 0.5) is 29.3 Å². The van der Waals surface area contributed by atoms with Gasteiger partial charge in [-0.15, -0.1) is 0 Å². The molecule has 0 saturated heterocycles. The zero-order valence-corrected chi connectivity index (χ0v) is 20.4. The number of urea groups is 1. The number of aliphatic imine (C=N–C) groups is 1. The number of aryl methyl sites for hydroxylation is 1. The Balaban J connectivity index is 1.59. The zero-order chi connectivity index (χ0) is 27.0. The SMILES string of the molecule is C=C(C)N=C(N)c1c(-c2ccc(NC(=O)Nc3cccc(C(F)(F)F)c3)cc2)cc(C2(N)CC2)nc1C. The Morgan fingerprint density at radius 2 is 1.73 bits per heavy atom. The lowest BCUT2D eigenvalue weighted by atomic mass is 9.95. The standard InChI is InChI=1S/C27H27F3N6O/c1-15(2)33-24(31)23-16(3)34-22(26(32)11-12-26)14-21(23)17-7-9-19(10-8-17)35-25(37)36-20-6-4-5-18(13-20)27(28,29)30/h4-10,13-14H,1,11-12,32H2,2-3H3,(H2,31,33)(H2,35,36,37). The van der Waals surface area contributed by atoms with Gasteiger partial charge >= 0.3 is 12.2 Å². The fraction of sp³-hybridized carbons (Fsp3) is 0.222. The van der Waals surface area contributed by atoms with E-state index in [9.17, 15) is 18.0 Å². The second-order valence-electron chi connectivity index (χ2n) is 9.14. The summed E-state index contributed by atoms with van der Waals surface area (Å²) in [6.45, 7) is 7.39. The molecule has 1 aromatic heterocycles. The van der Waals surface area contributed by atoms with E-state index >= 15 is 0 Å². The van der Waals surface area contributed by atoms with E-state index in [-0.39, 0.29) is 11.5 Å². The molecule has 0 bridgehead atoms. The number of pyridine rings is 1. The maximum atomic E-state index is 12.9. The Hall–Kier alpha value is -4.18. The number of carbonyl (C=O) groups excluding carboxylic acids is 1. The molecule has 0 aliphatic heterocycles. The summed E-state index contributed by atoms with van der Waals surface area (Å²) in [4.78, 5) is 21.4. The lowest BCUT2D eigenvalue weighted by molar-refractivity contribution is -0.137. The highest BCUT2D eigenvalue weighted by Gasteiger charge is 2.42. The largest absolute Gasteiger partial charge is 0.416 e. The summed E-state index contributed by atoms with van der Waals surface area (Å²) < 4.78 is 38.8. The molecule has 2 amide bonds. The van der Waals surface area contributed by atoms with Gasteiger partial charge in [-0.2, -0.15) is 13.2 Å². The van der Waals surface area contributed by atoms with Crippen LogP contribution in [0, 0.1) is 6.92 Å². The average molecular weight is 509 g/mol. The highest BCUT2D eigenvalue weighted by Crippen LogP contribution is 2.43. The quantitative estimate of drug-likeness (QED) is 0.245. The smallest absolute Gasteiger partial charge is 0.383 e. The first-order valence-corrected chi connectivity index (χ1v) is 11.5. The Kier molecular flexibility index (Phi) is 6.79. The molecule has 1 saturated carbocycles. The number of nitrogens with one attached hydrogen (secondary N) is 2. The number of carbonyl (C=O) groups is 1. The molecule has 2 aromatic carbocycles. The summed E-state index contributed by atoms with van der Waals surface area (Å²) in [5.74, 6) is 0.281. The molecule has 1 fully saturated rings. The normalized spacial score (nSPS) is 14.7. The third-order valence-corrected chi connectivity index (χ3v) is 5.97. The van der Waals surface area contributed by atoms with Gasteiger partial charge in [0.2, 0.25) is 0 Å². The van der Waals surface area contributed by atoms with Gasteiger partial charge in [-0.25, -0.2) is 9.79 Å². The fourth-order valence-corrected chi connectivity index (χ4v) is 3.93. The van der Waals surface area contributed by atoms with Crippen LogP contribution >= 0.6 is 0 Å². The van der Waals surface area contributed by atoms with E-state index in [1.807, 2.05) is 13.0 Å². The van der Waals surface area contributed by atoms with Crippen molar-refractivity contribution in [1.82, 2.24) is 4.98 Å². The van der Waals surface area contributed by atoms with Gasteiger partial charge in [0.15, 0.2) is 0 Å². The Bertz CT molecular complexity index is 1390. The van der Waals surface area contributed by atoms with Crippen LogP contribution in [0.5, 0.6) is 0 Å². The molecule has 6 N–H and O–H groups in total. The first kappa shape index (κ1) is 25.9. The van der Waals surface area contributed by atoms with Gasteiger partial charge in [0.1, 0.15) is 5.84 Å². The summed E-state index contributed by atoms with van der Waals surface area (Å²) in [5, 5.41) is 5.04. The van der Waals surface area contributed by atoms with Crippen LogP contribution in [0.2, 0.25) is 0 Å². The number of hydrogen-bond acceptors (Lipinski definition) is 4. The lowest BCUT2D eigenvalue weighted by Gasteiger charge is -2.18. The summed E-state index contributed by atoms with van der Waals surface area (Å²) in [7, 11) is 0. The van der Waals surface area contributed by atoms with Crippen molar-refractivity contribution in [3.05, 3.63) is 89.4 Å². The fourth-order valence-electron chi connectivity index (χ4n) is 3.93. The number of anilines is 2. The highest BCUT2D eigenvalue weighted by atomic mass is 19.4. The first-order chi connectivity index (χ1) is 17.4. The maximum Gasteiger partial charge on any atom is 0.416 e. The molecule has 0 unspecified atom stereocenters. The van der Waals surface area contributed by atoms with Crippen LogP contribution < -0.4 is 22.1 Å². The van der Waals surface area contributed by atoms with E-state index in [2.05, 4.69) is 27.2 Å². The number of amides is 2. The van der Waals surface area contributed by atoms with Crippen LogP contribution in [-0.4, -0.2) is 16.9 Å². The monoisotopic (exact) mass is 508 g/mol. The second kappa shape index (κ2) is 9.70. The number of amidine groups is 1. The van der Waals surface area contributed by atoms with Gasteiger partial charge in [-0.05, 0) is 74.2 Å². The van der Waals surface area contributed by atoms with E-state index in [1.54, 1.807) is 31.2 Å². The van der Waals surface area contributed by atoms with Crippen molar-refractivity contribution in [3.8, 4) is 11.1 Å². The van der Waals surface area contributed by atoms with Crippen LogP contribution in [0.15, 0.2) is 71.9 Å². The number of halogens is 3. The van der Waals surface area contributed by atoms with Gasteiger partial charge in [0, 0.05) is 28.3 Å². The van der Waals surface area contributed by atoms with E-state index < -0.39 is 23.3 Å². The predicted molar refractivity (Wildman–Crippen MR) is 139 cm³/mol. The number of alkyl halides is 3. The zero-order valence-electron chi connectivity index (χ0n) is 20.4. The third kappa shape index (κ3) is 5.97. The summed E-state index contributed by atoms with van der Waals surface area (Å²) >= 11 is 0. The van der Waals surface area contributed by atoms with Gasteiger partial charge in [0.25, 0.3) is 0 Å². The number of benzene rings is 2. The van der Waals surface area contributed by atoms with Crippen molar-refractivity contribution < 1.29 is 18.0 Å². The van der Waals surface area contributed by atoms with Crippen molar-refractivity contribution in [1.29, 1.82) is 0 Å². The molecule has 4 rings (SSSR count). The van der Waals surface area contributed by atoms with E-state index in [0.717, 1.165) is 41.8 Å². The molecule has 1 aliphatic rings. The molecule has 0 spiro atoms. The van der Waals surface area contributed by atoms with Crippen LogP contribution in [0.25, 0.3) is 11.1 Å².